The minimum atomic E-state index is -0.753. The molecule has 0 radical (unpaired) electrons. The van der Waals surface area contributed by atoms with Crippen LogP contribution in [0.4, 0.5) is 0 Å². The Bertz CT molecular complexity index is 253. The van der Waals surface area contributed by atoms with Gasteiger partial charge in [-0.2, -0.15) is 0 Å². The number of hydrogen-bond donors (Lipinski definition) is 2. The largest absolute Gasteiger partial charge is 0.371 e. The first-order valence-electron chi connectivity index (χ1n) is 5.83. The van der Waals surface area contributed by atoms with Crippen molar-refractivity contribution in [1.82, 2.24) is 5.48 Å². The van der Waals surface area contributed by atoms with Crippen LogP contribution in [-0.2, 0) is 14.4 Å². The average molecular weight is 246 g/mol. The molecule has 0 aliphatic rings. The Hall–Kier alpha value is -0.650. The zero-order valence-corrected chi connectivity index (χ0v) is 12.0. The first kappa shape index (κ1) is 16.4. The van der Waals surface area contributed by atoms with Crippen molar-refractivity contribution < 1.29 is 14.4 Å². The van der Waals surface area contributed by atoms with Gasteiger partial charge in [0.05, 0.1) is 17.3 Å². The lowest BCUT2D eigenvalue weighted by molar-refractivity contribution is -0.152. The van der Waals surface area contributed by atoms with Crippen LogP contribution in [-0.4, -0.2) is 29.3 Å². The molecule has 0 aromatic heterocycles. The molecule has 0 saturated carbocycles. The van der Waals surface area contributed by atoms with Crippen molar-refractivity contribution in [2.45, 2.75) is 71.8 Å². The SMILES string of the molecule is CC(OC(C)(C)C)C(N)C(=O)NOC(C)(C)C. The van der Waals surface area contributed by atoms with Gasteiger partial charge in [0.15, 0.2) is 0 Å². The smallest absolute Gasteiger partial charge is 0.263 e. The molecule has 2 atom stereocenters. The molecule has 0 aromatic carbocycles. The zero-order valence-electron chi connectivity index (χ0n) is 12.0. The van der Waals surface area contributed by atoms with Gasteiger partial charge in [0.1, 0.15) is 6.04 Å². The molecule has 0 rings (SSSR count). The molecule has 0 saturated heterocycles. The summed E-state index contributed by atoms with van der Waals surface area (Å²) in [6, 6.07) is -0.753. The number of carbonyl (C=O) groups excluding carboxylic acids is 1. The van der Waals surface area contributed by atoms with Crippen LogP contribution in [0, 0.1) is 0 Å². The Morgan fingerprint density at radius 3 is 1.94 bits per heavy atom. The lowest BCUT2D eigenvalue weighted by Crippen LogP contribution is -2.51. The number of carbonyl (C=O) groups is 1. The van der Waals surface area contributed by atoms with Crippen molar-refractivity contribution in [2.75, 3.05) is 0 Å². The van der Waals surface area contributed by atoms with Crippen LogP contribution in [0.1, 0.15) is 48.5 Å². The zero-order chi connectivity index (χ0) is 13.9. The molecule has 1 amide bonds. The second-order valence-corrected chi connectivity index (χ2v) is 6.14. The van der Waals surface area contributed by atoms with Crippen molar-refractivity contribution in [3.63, 3.8) is 0 Å². The summed E-state index contributed by atoms with van der Waals surface area (Å²) in [5, 5.41) is 0. The maximum atomic E-state index is 11.7. The van der Waals surface area contributed by atoms with Crippen molar-refractivity contribution in [3.8, 4) is 0 Å². The van der Waals surface area contributed by atoms with Crippen molar-refractivity contribution in [2.24, 2.45) is 5.73 Å². The molecule has 0 fully saturated rings. The van der Waals surface area contributed by atoms with E-state index in [1.54, 1.807) is 6.92 Å². The molecule has 0 heterocycles. The number of nitrogens with one attached hydrogen (secondary N) is 1. The molecule has 5 nitrogen and oxygen atoms in total. The quantitative estimate of drug-likeness (QED) is 0.735. The fraction of sp³-hybridized carbons (Fsp3) is 0.917. The second kappa shape index (κ2) is 5.80. The molecule has 0 aliphatic heterocycles. The average Bonchev–Trinajstić information content (AvgIpc) is 2.08. The van der Waals surface area contributed by atoms with E-state index in [0.29, 0.717) is 0 Å². The van der Waals surface area contributed by atoms with E-state index in [-0.39, 0.29) is 17.6 Å². The normalized spacial score (nSPS) is 16.5. The summed E-state index contributed by atoms with van der Waals surface area (Å²) in [5.74, 6) is -0.378. The van der Waals surface area contributed by atoms with E-state index in [4.69, 9.17) is 15.3 Å². The second-order valence-electron chi connectivity index (χ2n) is 6.14. The highest BCUT2D eigenvalue weighted by molar-refractivity contribution is 5.81. The molecule has 5 heteroatoms. The van der Waals surface area contributed by atoms with Gasteiger partial charge < -0.3 is 10.5 Å². The third kappa shape index (κ3) is 8.12. The third-order valence-electron chi connectivity index (χ3n) is 1.81. The number of amides is 1. The van der Waals surface area contributed by atoms with Gasteiger partial charge in [0, 0.05) is 0 Å². The molecule has 0 bridgehead atoms. The highest BCUT2D eigenvalue weighted by Gasteiger charge is 2.26. The van der Waals surface area contributed by atoms with Gasteiger partial charge in [-0.25, -0.2) is 5.48 Å². The first-order valence-corrected chi connectivity index (χ1v) is 5.83. The lowest BCUT2D eigenvalue weighted by Gasteiger charge is -2.29. The molecular formula is C12H26N2O3. The van der Waals surface area contributed by atoms with Crippen LogP contribution < -0.4 is 11.2 Å². The third-order valence-corrected chi connectivity index (χ3v) is 1.81. The summed E-state index contributed by atoms with van der Waals surface area (Å²) in [7, 11) is 0. The van der Waals surface area contributed by atoms with Gasteiger partial charge in [-0.3, -0.25) is 9.63 Å². The summed E-state index contributed by atoms with van der Waals surface area (Å²) >= 11 is 0. The predicted octanol–water partition coefficient (Wildman–Crippen LogP) is 1.36. The van der Waals surface area contributed by atoms with E-state index in [0.717, 1.165) is 0 Å². The van der Waals surface area contributed by atoms with Crippen LogP contribution in [0.15, 0.2) is 0 Å². The molecule has 2 unspecified atom stereocenters. The summed E-state index contributed by atoms with van der Waals surface area (Å²) in [6.07, 6.45) is -0.376. The Kier molecular flexibility index (Phi) is 5.58. The predicted molar refractivity (Wildman–Crippen MR) is 67.3 cm³/mol. The Balaban J connectivity index is 4.22. The van der Waals surface area contributed by atoms with E-state index in [1.807, 2.05) is 41.5 Å². The Morgan fingerprint density at radius 1 is 1.12 bits per heavy atom. The molecule has 3 N–H and O–H groups in total. The van der Waals surface area contributed by atoms with Gasteiger partial charge in [-0.1, -0.05) is 0 Å². The van der Waals surface area contributed by atoms with E-state index >= 15 is 0 Å². The number of hydrogen-bond acceptors (Lipinski definition) is 4. The number of hydroxylamine groups is 1. The first-order chi connectivity index (χ1) is 7.42. The molecule has 0 aliphatic carbocycles. The van der Waals surface area contributed by atoms with Gasteiger partial charge in [-0.15, -0.1) is 0 Å². The van der Waals surface area contributed by atoms with Crippen molar-refractivity contribution in [3.05, 3.63) is 0 Å². The fourth-order valence-electron chi connectivity index (χ4n) is 1.12. The summed E-state index contributed by atoms with van der Waals surface area (Å²) in [4.78, 5) is 16.8. The van der Waals surface area contributed by atoms with Crippen LogP contribution in [0.2, 0.25) is 0 Å². The Labute approximate surface area is 104 Å². The van der Waals surface area contributed by atoms with E-state index in [1.165, 1.54) is 0 Å². The highest BCUT2D eigenvalue weighted by Crippen LogP contribution is 2.12. The monoisotopic (exact) mass is 246 g/mol. The van der Waals surface area contributed by atoms with Crippen LogP contribution >= 0.6 is 0 Å². The number of ether oxygens (including phenoxy) is 1. The van der Waals surface area contributed by atoms with Crippen LogP contribution in [0.3, 0.4) is 0 Å². The minimum absolute atomic E-state index is 0.331. The molecule has 0 spiro atoms. The van der Waals surface area contributed by atoms with Gasteiger partial charge in [0.2, 0.25) is 0 Å². The summed E-state index contributed by atoms with van der Waals surface area (Å²) in [5.41, 5.74) is 7.35. The van der Waals surface area contributed by atoms with E-state index in [2.05, 4.69) is 5.48 Å². The lowest BCUT2D eigenvalue weighted by atomic mass is 10.1. The van der Waals surface area contributed by atoms with Gasteiger partial charge in [-0.05, 0) is 48.5 Å². The van der Waals surface area contributed by atoms with E-state index < -0.39 is 11.6 Å². The van der Waals surface area contributed by atoms with Gasteiger partial charge >= 0.3 is 0 Å². The minimum Gasteiger partial charge on any atom is -0.371 e. The topological polar surface area (TPSA) is 73.6 Å². The fourth-order valence-corrected chi connectivity index (χ4v) is 1.12. The molecule has 102 valence electrons. The Morgan fingerprint density at radius 2 is 1.59 bits per heavy atom. The maximum absolute atomic E-state index is 11.7. The summed E-state index contributed by atoms with van der Waals surface area (Å²) in [6.45, 7) is 13.0. The van der Waals surface area contributed by atoms with Gasteiger partial charge in [0.25, 0.3) is 5.91 Å². The van der Waals surface area contributed by atoms with Crippen molar-refractivity contribution in [1.29, 1.82) is 0 Å². The highest BCUT2D eigenvalue weighted by atomic mass is 16.7. The van der Waals surface area contributed by atoms with Crippen LogP contribution in [0.25, 0.3) is 0 Å². The maximum Gasteiger partial charge on any atom is 0.263 e. The van der Waals surface area contributed by atoms with Crippen LogP contribution in [0.5, 0.6) is 0 Å². The standard InChI is InChI=1S/C12H26N2O3/c1-8(16-11(2,3)4)9(13)10(15)14-17-12(5,6)7/h8-9H,13H2,1-7H3,(H,14,15). The molecular weight excluding hydrogens is 220 g/mol. The van der Waals surface area contributed by atoms with Crippen molar-refractivity contribution >= 4 is 5.91 Å². The summed E-state index contributed by atoms with van der Waals surface area (Å²) < 4.78 is 5.61. The number of rotatable bonds is 4. The molecule has 0 aromatic rings. The van der Waals surface area contributed by atoms with E-state index in [9.17, 15) is 4.79 Å². The molecule has 17 heavy (non-hydrogen) atoms. The number of nitrogens with two attached hydrogens (primary N) is 1.